The summed E-state index contributed by atoms with van der Waals surface area (Å²) < 4.78 is 52.4. The van der Waals surface area contributed by atoms with Gasteiger partial charge in [0.1, 0.15) is 23.3 Å². The smallest absolute Gasteiger partial charge is 0.130 e. The van der Waals surface area contributed by atoms with E-state index in [9.17, 15) is 17.6 Å². The van der Waals surface area contributed by atoms with Crippen molar-refractivity contribution < 1.29 is 17.6 Å². The first-order chi connectivity index (χ1) is 8.97. The van der Waals surface area contributed by atoms with Gasteiger partial charge in [-0.3, -0.25) is 0 Å². The van der Waals surface area contributed by atoms with Crippen LogP contribution in [0.25, 0.3) is 0 Å². The van der Waals surface area contributed by atoms with Crippen LogP contribution in [0.2, 0.25) is 0 Å². The average molecular weight is 289 g/mol. The largest absolute Gasteiger partial charge is 0.207 e. The van der Waals surface area contributed by atoms with Gasteiger partial charge < -0.3 is 0 Å². The van der Waals surface area contributed by atoms with Crippen LogP contribution in [0.15, 0.2) is 36.4 Å². The Morgan fingerprint density at radius 2 is 1.42 bits per heavy atom. The standard InChI is InChI=1S/C14H9ClF4/c15-12(11-4-3-10(17)7-14(11)19)5-8-1-2-9(16)6-13(8)18/h1-4,6-7,12H,5H2. The Labute approximate surface area is 112 Å². The molecule has 0 aliphatic heterocycles. The van der Waals surface area contributed by atoms with Crippen molar-refractivity contribution in [1.29, 1.82) is 0 Å². The molecule has 2 rings (SSSR count). The van der Waals surface area contributed by atoms with Crippen molar-refractivity contribution in [1.82, 2.24) is 0 Å². The highest BCUT2D eigenvalue weighted by atomic mass is 35.5. The lowest BCUT2D eigenvalue weighted by Gasteiger charge is -2.11. The monoisotopic (exact) mass is 288 g/mol. The van der Waals surface area contributed by atoms with Crippen molar-refractivity contribution in [3.05, 3.63) is 70.8 Å². The van der Waals surface area contributed by atoms with Crippen LogP contribution in [0, 0.1) is 23.3 Å². The second-order valence-corrected chi connectivity index (χ2v) is 4.60. The highest BCUT2D eigenvalue weighted by Gasteiger charge is 2.16. The molecule has 100 valence electrons. The van der Waals surface area contributed by atoms with E-state index in [4.69, 9.17) is 11.6 Å². The van der Waals surface area contributed by atoms with Crippen LogP contribution < -0.4 is 0 Å². The van der Waals surface area contributed by atoms with Gasteiger partial charge in [0.05, 0.1) is 5.38 Å². The van der Waals surface area contributed by atoms with Crippen LogP contribution in [-0.2, 0) is 6.42 Å². The predicted molar refractivity (Wildman–Crippen MR) is 65.0 cm³/mol. The van der Waals surface area contributed by atoms with E-state index in [2.05, 4.69) is 0 Å². The van der Waals surface area contributed by atoms with Crippen molar-refractivity contribution in [3.8, 4) is 0 Å². The highest BCUT2D eigenvalue weighted by Crippen LogP contribution is 2.28. The zero-order chi connectivity index (χ0) is 14.0. The number of benzene rings is 2. The summed E-state index contributed by atoms with van der Waals surface area (Å²) in [6.07, 6.45) is -0.0176. The Kier molecular flexibility index (Phi) is 4.10. The van der Waals surface area contributed by atoms with Crippen molar-refractivity contribution in [2.24, 2.45) is 0 Å². The van der Waals surface area contributed by atoms with Crippen LogP contribution in [0.4, 0.5) is 17.6 Å². The summed E-state index contributed by atoms with van der Waals surface area (Å²) >= 11 is 5.99. The van der Waals surface area contributed by atoms with Crippen LogP contribution in [0.3, 0.4) is 0 Å². The maximum atomic E-state index is 13.5. The van der Waals surface area contributed by atoms with Crippen LogP contribution in [0.1, 0.15) is 16.5 Å². The molecule has 0 aliphatic rings. The molecule has 0 bridgehead atoms. The van der Waals surface area contributed by atoms with Crippen LogP contribution in [0.5, 0.6) is 0 Å². The third-order valence-electron chi connectivity index (χ3n) is 2.71. The molecule has 19 heavy (non-hydrogen) atoms. The molecule has 1 unspecified atom stereocenters. The number of hydrogen-bond donors (Lipinski definition) is 0. The molecule has 0 spiro atoms. The molecule has 0 saturated carbocycles. The molecule has 2 aromatic carbocycles. The van der Waals surface area contributed by atoms with Gasteiger partial charge in [-0.2, -0.15) is 0 Å². The second-order valence-electron chi connectivity index (χ2n) is 4.07. The van der Waals surface area contributed by atoms with E-state index in [1.165, 1.54) is 12.1 Å². The minimum absolute atomic E-state index is 0.0176. The van der Waals surface area contributed by atoms with Gasteiger partial charge in [0, 0.05) is 17.7 Å². The zero-order valence-electron chi connectivity index (χ0n) is 9.64. The topological polar surface area (TPSA) is 0 Å². The maximum Gasteiger partial charge on any atom is 0.130 e. The Bertz CT molecular complexity index is 598. The molecule has 0 aliphatic carbocycles. The normalized spacial score (nSPS) is 12.5. The SMILES string of the molecule is Fc1ccc(CC(Cl)c2ccc(F)cc2F)c(F)c1. The molecular formula is C14H9ClF4. The van der Waals surface area contributed by atoms with Gasteiger partial charge in [-0.1, -0.05) is 12.1 Å². The number of alkyl halides is 1. The highest BCUT2D eigenvalue weighted by molar-refractivity contribution is 6.20. The van der Waals surface area contributed by atoms with Crippen LogP contribution in [-0.4, -0.2) is 0 Å². The Morgan fingerprint density at radius 3 is 2.00 bits per heavy atom. The van der Waals surface area contributed by atoms with E-state index >= 15 is 0 Å². The molecule has 0 saturated heterocycles. The minimum atomic E-state index is -0.861. The fraction of sp³-hybridized carbons (Fsp3) is 0.143. The molecule has 5 heteroatoms. The van der Waals surface area contributed by atoms with E-state index in [1.807, 2.05) is 0 Å². The first-order valence-electron chi connectivity index (χ1n) is 5.50. The lowest BCUT2D eigenvalue weighted by Crippen LogP contribution is -2.02. The molecule has 0 nitrogen and oxygen atoms in total. The molecule has 0 aromatic heterocycles. The van der Waals surface area contributed by atoms with Gasteiger partial charge >= 0.3 is 0 Å². The van der Waals surface area contributed by atoms with Crippen molar-refractivity contribution in [2.45, 2.75) is 11.8 Å². The van der Waals surface area contributed by atoms with Crippen molar-refractivity contribution in [3.63, 3.8) is 0 Å². The van der Waals surface area contributed by atoms with E-state index in [0.29, 0.717) is 6.07 Å². The first-order valence-corrected chi connectivity index (χ1v) is 5.94. The average Bonchev–Trinajstić information content (AvgIpc) is 2.32. The molecule has 0 heterocycles. The Hall–Kier alpha value is -1.55. The quantitative estimate of drug-likeness (QED) is 0.564. The molecule has 0 radical (unpaired) electrons. The number of rotatable bonds is 3. The molecule has 0 amide bonds. The third kappa shape index (κ3) is 3.26. The summed E-state index contributed by atoms with van der Waals surface area (Å²) in [4.78, 5) is 0. The van der Waals surface area contributed by atoms with Gasteiger partial charge in [-0.25, -0.2) is 17.6 Å². The van der Waals surface area contributed by atoms with Gasteiger partial charge in [-0.05, 0) is 24.1 Å². The Morgan fingerprint density at radius 1 is 0.842 bits per heavy atom. The predicted octanol–water partition coefficient (Wildman–Crippen LogP) is 4.77. The molecular weight excluding hydrogens is 280 g/mol. The molecule has 0 N–H and O–H groups in total. The summed E-state index contributed by atoms with van der Waals surface area (Å²) in [6.45, 7) is 0. The minimum Gasteiger partial charge on any atom is -0.207 e. The van der Waals surface area contributed by atoms with Crippen molar-refractivity contribution >= 4 is 11.6 Å². The van der Waals surface area contributed by atoms with E-state index < -0.39 is 28.6 Å². The van der Waals surface area contributed by atoms with E-state index in [-0.39, 0.29) is 17.5 Å². The van der Waals surface area contributed by atoms with Crippen LogP contribution >= 0.6 is 11.6 Å². The fourth-order valence-electron chi connectivity index (χ4n) is 1.75. The number of hydrogen-bond acceptors (Lipinski definition) is 0. The Balaban J connectivity index is 2.23. The lowest BCUT2D eigenvalue weighted by molar-refractivity contribution is 0.559. The molecule has 2 aromatic rings. The van der Waals surface area contributed by atoms with E-state index in [0.717, 1.165) is 18.2 Å². The number of halogens is 5. The lowest BCUT2D eigenvalue weighted by atomic mass is 10.0. The molecule has 0 fully saturated rings. The fourth-order valence-corrected chi connectivity index (χ4v) is 2.09. The summed E-state index contributed by atoms with van der Waals surface area (Å²) in [7, 11) is 0. The summed E-state index contributed by atoms with van der Waals surface area (Å²) in [5.41, 5.74) is 0.247. The van der Waals surface area contributed by atoms with Gasteiger partial charge in [-0.15, -0.1) is 11.6 Å². The van der Waals surface area contributed by atoms with Gasteiger partial charge in [0.25, 0.3) is 0 Å². The first kappa shape index (κ1) is 13.9. The third-order valence-corrected chi connectivity index (χ3v) is 3.10. The summed E-state index contributed by atoms with van der Waals surface area (Å²) in [5.74, 6) is -2.94. The van der Waals surface area contributed by atoms with Crippen molar-refractivity contribution in [2.75, 3.05) is 0 Å². The molecule has 1 atom stereocenters. The van der Waals surface area contributed by atoms with E-state index in [1.54, 1.807) is 0 Å². The maximum absolute atomic E-state index is 13.5. The van der Waals surface area contributed by atoms with Gasteiger partial charge in [0.2, 0.25) is 0 Å². The summed E-state index contributed by atoms with van der Waals surface area (Å²) in [6, 6.07) is 6.09. The summed E-state index contributed by atoms with van der Waals surface area (Å²) in [5, 5.41) is -0.861. The zero-order valence-corrected chi connectivity index (χ0v) is 10.4. The van der Waals surface area contributed by atoms with Gasteiger partial charge in [0.15, 0.2) is 0 Å². The second kappa shape index (κ2) is 5.61.